The molecule has 1 aliphatic rings. The Morgan fingerprint density at radius 3 is 2.71 bits per heavy atom. The number of aromatic hydroxyl groups is 1. The second-order valence-corrected chi connectivity index (χ2v) is 8.99. The fourth-order valence-corrected chi connectivity index (χ4v) is 4.72. The number of benzene rings is 3. The van der Waals surface area contributed by atoms with Crippen LogP contribution in [-0.2, 0) is 12.8 Å². The topological polar surface area (TPSA) is 77.6 Å². The first-order chi connectivity index (χ1) is 16.6. The van der Waals surface area contributed by atoms with Crippen molar-refractivity contribution in [2.75, 3.05) is 12.9 Å². The first-order valence-electron chi connectivity index (χ1n) is 11.0. The molecule has 7 heteroatoms. The summed E-state index contributed by atoms with van der Waals surface area (Å²) in [7, 11) is 1.63. The van der Waals surface area contributed by atoms with E-state index in [1.807, 2.05) is 54.6 Å². The van der Waals surface area contributed by atoms with Gasteiger partial charge in [0.25, 0.3) is 5.22 Å². The summed E-state index contributed by atoms with van der Waals surface area (Å²) in [5.41, 5.74) is 4.87. The van der Waals surface area contributed by atoms with Gasteiger partial charge in [-0.05, 0) is 71.6 Å². The number of methoxy groups -OCH3 is 1. The van der Waals surface area contributed by atoms with Crippen LogP contribution in [0, 0.1) is 0 Å². The summed E-state index contributed by atoms with van der Waals surface area (Å²) in [6.45, 7) is 3.80. The number of fused-ring (bicyclic) bond motifs is 1. The molecule has 34 heavy (non-hydrogen) atoms. The SMILES string of the molecule is C=CCc1ccc(O)c(-c2ccc3c(c2)C[C@@H](CSc2nnc(-c4ccc(OC)cc4)o2)O3)c1. The third-order valence-corrected chi connectivity index (χ3v) is 6.64. The van der Waals surface area contributed by atoms with Gasteiger partial charge in [-0.15, -0.1) is 16.8 Å². The number of ether oxygens (including phenoxy) is 2. The summed E-state index contributed by atoms with van der Waals surface area (Å²) >= 11 is 1.48. The minimum absolute atomic E-state index is 0.00674. The van der Waals surface area contributed by atoms with Crippen LogP contribution in [-0.4, -0.2) is 34.3 Å². The molecule has 4 aromatic rings. The normalized spacial score (nSPS) is 14.4. The molecule has 1 atom stereocenters. The Bertz CT molecular complexity index is 1320. The predicted molar refractivity (Wildman–Crippen MR) is 133 cm³/mol. The molecule has 2 heterocycles. The Balaban J connectivity index is 1.24. The van der Waals surface area contributed by atoms with E-state index in [-0.39, 0.29) is 11.9 Å². The molecule has 0 bridgehead atoms. The molecule has 172 valence electrons. The van der Waals surface area contributed by atoms with Gasteiger partial charge in [-0.25, -0.2) is 0 Å². The lowest BCUT2D eigenvalue weighted by Crippen LogP contribution is -2.15. The maximum Gasteiger partial charge on any atom is 0.276 e. The first kappa shape index (κ1) is 22.1. The van der Waals surface area contributed by atoms with Crippen LogP contribution in [0.4, 0.5) is 0 Å². The molecule has 3 aromatic carbocycles. The van der Waals surface area contributed by atoms with Crippen LogP contribution < -0.4 is 9.47 Å². The van der Waals surface area contributed by atoms with Crippen LogP contribution >= 0.6 is 11.8 Å². The van der Waals surface area contributed by atoms with Gasteiger partial charge in [0, 0.05) is 23.3 Å². The summed E-state index contributed by atoms with van der Waals surface area (Å²) in [5, 5.41) is 19.2. The van der Waals surface area contributed by atoms with Crippen molar-refractivity contribution in [3.63, 3.8) is 0 Å². The lowest BCUT2D eigenvalue weighted by molar-refractivity contribution is 0.259. The minimum atomic E-state index is 0.00674. The Kier molecular flexibility index (Phi) is 6.27. The van der Waals surface area contributed by atoms with Gasteiger partial charge in [0.2, 0.25) is 5.89 Å². The van der Waals surface area contributed by atoms with Crippen LogP contribution in [0.1, 0.15) is 11.1 Å². The molecule has 0 fully saturated rings. The van der Waals surface area contributed by atoms with Crippen molar-refractivity contribution in [2.24, 2.45) is 0 Å². The van der Waals surface area contributed by atoms with E-state index < -0.39 is 0 Å². The van der Waals surface area contributed by atoms with Crippen molar-refractivity contribution < 1.29 is 19.0 Å². The lowest BCUT2D eigenvalue weighted by Gasteiger charge is -2.09. The van der Waals surface area contributed by atoms with E-state index in [4.69, 9.17) is 13.9 Å². The standard InChI is InChI=1S/C27H24N2O4S/c1-3-4-17-5-11-24(30)23(13-17)19-8-12-25-20(14-19)15-22(32-25)16-34-27-29-28-26(33-27)18-6-9-21(31-2)10-7-18/h3,5-14,22,30H,1,4,15-16H2,2H3/t22-/m0/s1. The van der Waals surface area contributed by atoms with Crippen molar-refractivity contribution in [1.82, 2.24) is 10.2 Å². The van der Waals surface area contributed by atoms with Gasteiger partial charge >= 0.3 is 0 Å². The molecule has 1 N–H and O–H groups in total. The summed E-state index contributed by atoms with van der Waals surface area (Å²) in [6, 6.07) is 19.2. The molecule has 0 unspecified atom stereocenters. The zero-order valence-corrected chi connectivity index (χ0v) is 19.5. The average Bonchev–Trinajstić information content (AvgIpc) is 3.50. The van der Waals surface area contributed by atoms with Crippen LogP contribution in [0.15, 0.2) is 83.0 Å². The molecule has 0 radical (unpaired) electrons. The quantitative estimate of drug-likeness (QED) is 0.251. The van der Waals surface area contributed by atoms with Crippen LogP contribution in [0.25, 0.3) is 22.6 Å². The van der Waals surface area contributed by atoms with Crippen LogP contribution in [0.5, 0.6) is 17.2 Å². The summed E-state index contributed by atoms with van der Waals surface area (Å²) in [6.07, 6.45) is 3.41. The van der Waals surface area contributed by atoms with Crippen molar-refractivity contribution in [1.29, 1.82) is 0 Å². The zero-order valence-electron chi connectivity index (χ0n) is 18.7. The van der Waals surface area contributed by atoms with Crippen molar-refractivity contribution in [3.8, 4) is 39.8 Å². The lowest BCUT2D eigenvalue weighted by atomic mass is 9.98. The summed E-state index contributed by atoms with van der Waals surface area (Å²) < 4.78 is 17.1. The maximum absolute atomic E-state index is 10.4. The Hall–Kier alpha value is -3.71. The maximum atomic E-state index is 10.4. The first-order valence-corrected chi connectivity index (χ1v) is 11.9. The second-order valence-electron chi connectivity index (χ2n) is 8.02. The number of allylic oxidation sites excluding steroid dienone is 1. The Morgan fingerprint density at radius 2 is 1.91 bits per heavy atom. The van der Waals surface area contributed by atoms with Crippen LogP contribution in [0.2, 0.25) is 0 Å². The number of rotatable bonds is 8. The highest BCUT2D eigenvalue weighted by Crippen LogP contribution is 2.37. The van der Waals surface area contributed by atoms with E-state index in [9.17, 15) is 5.11 Å². The Morgan fingerprint density at radius 1 is 1.09 bits per heavy atom. The molecular weight excluding hydrogens is 448 g/mol. The predicted octanol–water partition coefficient (Wildman–Crippen LogP) is 5.94. The molecule has 5 rings (SSSR count). The van der Waals surface area contributed by atoms with E-state index in [0.29, 0.717) is 16.9 Å². The third kappa shape index (κ3) is 4.65. The van der Waals surface area contributed by atoms with Gasteiger partial charge in [0.05, 0.1) is 7.11 Å². The van der Waals surface area contributed by atoms with Gasteiger partial charge in [-0.1, -0.05) is 30.0 Å². The van der Waals surface area contributed by atoms with E-state index in [2.05, 4.69) is 22.8 Å². The average molecular weight is 473 g/mol. The fraction of sp³-hybridized carbons (Fsp3) is 0.185. The summed E-state index contributed by atoms with van der Waals surface area (Å²) in [5.74, 6) is 3.08. The monoisotopic (exact) mass is 472 g/mol. The molecular formula is C27H24N2O4S. The van der Waals surface area contributed by atoms with Crippen molar-refractivity contribution in [2.45, 2.75) is 24.2 Å². The third-order valence-electron chi connectivity index (χ3n) is 5.69. The highest BCUT2D eigenvalue weighted by atomic mass is 32.2. The molecule has 1 aliphatic heterocycles. The number of phenols is 1. The Labute approximate surface area is 202 Å². The van der Waals surface area contributed by atoms with E-state index in [0.717, 1.165) is 52.2 Å². The van der Waals surface area contributed by atoms with Gasteiger partial charge < -0.3 is 19.0 Å². The van der Waals surface area contributed by atoms with Gasteiger partial charge in [0.15, 0.2) is 0 Å². The number of aromatic nitrogens is 2. The molecule has 0 spiro atoms. The second kappa shape index (κ2) is 9.65. The molecule has 1 aromatic heterocycles. The van der Waals surface area contributed by atoms with E-state index in [1.54, 1.807) is 13.2 Å². The van der Waals surface area contributed by atoms with Crippen LogP contribution in [0.3, 0.4) is 0 Å². The highest BCUT2D eigenvalue weighted by molar-refractivity contribution is 7.99. The molecule has 6 nitrogen and oxygen atoms in total. The number of thioether (sulfide) groups is 1. The van der Waals surface area contributed by atoms with E-state index in [1.165, 1.54) is 11.8 Å². The highest BCUT2D eigenvalue weighted by Gasteiger charge is 2.25. The number of nitrogens with zero attached hydrogens (tertiary/aromatic N) is 2. The molecule has 0 aliphatic carbocycles. The van der Waals surface area contributed by atoms with Crippen molar-refractivity contribution >= 4 is 11.8 Å². The van der Waals surface area contributed by atoms with E-state index >= 15 is 0 Å². The van der Waals surface area contributed by atoms with Crippen molar-refractivity contribution in [3.05, 3.63) is 84.4 Å². The number of hydrogen-bond acceptors (Lipinski definition) is 7. The minimum Gasteiger partial charge on any atom is -0.507 e. The van der Waals surface area contributed by atoms with Gasteiger partial charge in [-0.2, -0.15) is 0 Å². The number of phenolic OH excluding ortho intramolecular Hbond substituents is 1. The summed E-state index contributed by atoms with van der Waals surface area (Å²) in [4.78, 5) is 0. The molecule has 0 saturated carbocycles. The van der Waals surface area contributed by atoms with Gasteiger partial charge in [-0.3, -0.25) is 0 Å². The zero-order chi connectivity index (χ0) is 23.5. The smallest absolute Gasteiger partial charge is 0.276 e. The molecule has 0 saturated heterocycles. The fourth-order valence-electron chi connectivity index (χ4n) is 3.97. The number of hydrogen-bond donors (Lipinski definition) is 1. The van der Waals surface area contributed by atoms with Gasteiger partial charge in [0.1, 0.15) is 23.4 Å². The molecule has 0 amide bonds. The largest absolute Gasteiger partial charge is 0.507 e.